The third kappa shape index (κ3) is 6.42. The highest BCUT2D eigenvalue weighted by atomic mass is 35.5. The summed E-state index contributed by atoms with van der Waals surface area (Å²) >= 11 is 6.08. The maximum absolute atomic E-state index is 13.4. The molecule has 0 atom stereocenters. The minimum atomic E-state index is -0.521. The maximum atomic E-state index is 13.4. The summed E-state index contributed by atoms with van der Waals surface area (Å²) in [5, 5.41) is 10.5. The van der Waals surface area contributed by atoms with Gasteiger partial charge in [0.2, 0.25) is 0 Å². The minimum absolute atomic E-state index is 0.291. The molecule has 0 radical (unpaired) electrons. The number of alkyl carbamates (subject to hydrolysis) is 1. The molecule has 4 heterocycles. The van der Waals surface area contributed by atoms with Crippen LogP contribution in [0, 0.1) is 0 Å². The fourth-order valence-electron chi connectivity index (χ4n) is 5.04. The number of ether oxygens (including phenoxy) is 2. The van der Waals surface area contributed by atoms with E-state index in [0.29, 0.717) is 28.6 Å². The molecule has 5 rings (SSSR count). The molecule has 40 heavy (non-hydrogen) atoms. The van der Waals surface area contributed by atoms with E-state index < -0.39 is 11.7 Å². The van der Waals surface area contributed by atoms with Crippen LogP contribution in [0.25, 0.3) is 5.65 Å². The van der Waals surface area contributed by atoms with Gasteiger partial charge < -0.3 is 25.0 Å². The second-order valence-electron chi connectivity index (χ2n) is 11.8. The van der Waals surface area contributed by atoms with Crippen molar-refractivity contribution in [3.05, 3.63) is 46.9 Å². The molecule has 0 saturated carbocycles. The summed E-state index contributed by atoms with van der Waals surface area (Å²) < 4.78 is 13.1. The van der Waals surface area contributed by atoms with Gasteiger partial charge in [-0.15, -0.1) is 0 Å². The molecule has 214 valence electrons. The lowest BCUT2D eigenvalue weighted by Crippen LogP contribution is -2.49. The molecule has 1 fully saturated rings. The molecule has 2 aromatic heterocycles. The standard InChI is InChI=1S/C28H36ClN7O4/c1-27(2,3)40-26(38)30-7-9-34-10-12-35(13-11-34)21-15-22-18(16-28(4,5)39-22)14-20(21)32-25(37)19-17-31-36-8-6-23(29)33-24(19)36/h6,8,14-15,17H,7,9-13,16H2,1-5H3,(H,30,38)(H,32,37). The van der Waals surface area contributed by atoms with Gasteiger partial charge in [-0.1, -0.05) is 11.6 Å². The van der Waals surface area contributed by atoms with Crippen molar-refractivity contribution >= 4 is 40.6 Å². The van der Waals surface area contributed by atoms with E-state index in [1.807, 2.05) is 32.9 Å². The number of nitrogens with one attached hydrogen (secondary N) is 2. The van der Waals surface area contributed by atoms with Crippen LogP contribution < -0.4 is 20.3 Å². The number of benzene rings is 1. The number of fused-ring (bicyclic) bond motifs is 2. The summed E-state index contributed by atoms with van der Waals surface area (Å²) in [6.45, 7) is 14.0. The second kappa shape index (κ2) is 10.8. The summed E-state index contributed by atoms with van der Waals surface area (Å²) in [7, 11) is 0. The van der Waals surface area contributed by atoms with Crippen LogP contribution in [0.1, 0.15) is 50.5 Å². The monoisotopic (exact) mass is 569 g/mol. The number of nitrogens with zero attached hydrogens (tertiary/aromatic N) is 5. The first-order chi connectivity index (χ1) is 18.9. The summed E-state index contributed by atoms with van der Waals surface area (Å²) in [5.74, 6) is 0.530. The molecule has 0 unspecified atom stereocenters. The van der Waals surface area contributed by atoms with E-state index in [1.165, 1.54) is 10.7 Å². The van der Waals surface area contributed by atoms with Crippen LogP contribution in [0.3, 0.4) is 0 Å². The number of hydrogen-bond donors (Lipinski definition) is 2. The Morgan fingerprint density at radius 2 is 1.93 bits per heavy atom. The Labute approximate surface area is 238 Å². The predicted molar refractivity (Wildman–Crippen MR) is 154 cm³/mol. The first-order valence-corrected chi connectivity index (χ1v) is 13.9. The smallest absolute Gasteiger partial charge is 0.407 e. The Balaban J connectivity index is 1.29. The number of aromatic nitrogens is 3. The van der Waals surface area contributed by atoms with E-state index in [0.717, 1.165) is 56.1 Å². The van der Waals surface area contributed by atoms with E-state index in [-0.39, 0.29) is 11.5 Å². The third-order valence-corrected chi connectivity index (χ3v) is 7.03. The van der Waals surface area contributed by atoms with Crippen molar-refractivity contribution in [3.8, 4) is 5.75 Å². The largest absolute Gasteiger partial charge is 0.487 e. The summed E-state index contributed by atoms with van der Waals surface area (Å²) in [5.41, 5.74) is 2.57. The van der Waals surface area contributed by atoms with Crippen LogP contribution in [0.15, 0.2) is 30.6 Å². The van der Waals surface area contributed by atoms with Gasteiger partial charge in [0.05, 0.1) is 17.6 Å². The first-order valence-electron chi connectivity index (χ1n) is 13.5. The molecule has 12 heteroatoms. The van der Waals surface area contributed by atoms with Crippen molar-refractivity contribution in [2.75, 3.05) is 49.5 Å². The highest BCUT2D eigenvalue weighted by Crippen LogP contribution is 2.42. The maximum Gasteiger partial charge on any atom is 0.407 e. The van der Waals surface area contributed by atoms with E-state index >= 15 is 0 Å². The zero-order valence-corrected chi connectivity index (χ0v) is 24.3. The van der Waals surface area contributed by atoms with Gasteiger partial charge in [0, 0.05) is 63.5 Å². The molecule has 1 aromatic carbocycles. The Morgan fingerprint density at radius 3 is 2.65 bits per heavy atom. The van der Waals surface area contributed by atoms with E-state index in [2.05, 4.69) is 44.4 Å². The molecule has 2 N–H and O–H groups in total. The van der Waals surface area contributed by atoms with E-state index in [9.17, 15) is 9.59 Å². The Hall–Kier alpha value is -3.57. The zero-order valence-electron chi connectivity index (χ0n) is 23.6. The zero-order chi connectivity index (χ0) is 28.7. The van der Waals surface area contributed by atoms with Gasteiger partial charge >= 0.3 is 6.09 Å². The lowest BCUT2D eigenvalue weighted by molar-refractivity contribution is 0.0521. The fraction of sp³-hybridized carbons (Fsp3) is 0.500. The molecule has 0 spiro atoms. The number of piperazine rings is 1. The number of carbonyl (C=O) groups excluding carboxylic acids is 2. The molecular formula is C28H36ClN7O4. The molecule has 2 amide bonds. The third-order valence-electron chi connectivity index (χ3n) is 6.82. The van der Waals surface area contributed by atoms with Crippen molar-refractivity contribution < 1.29 is 19.1 Å². The second-order valence-corrected chi connectivity index (χ2v) is 12.2. The number of hydrogen-bond acceptors (Lipinski definition) is 8. The van der Waals surface area contributed by atoms with Crippen LogP contribution in [-0.4, -0.2) is 82.0 Å². The van der Waals surface area contributed by atoms with Gasteiger partial charge in [-0.05, 0) is 46.8 Å². The lowest BCUT2D eigenvalue weighted by Gasteiger charge is -2.37. The topological polar surface area (TPSA) is 113 Å². The van der Waals surface area contributed by atoms with Crippen LogP contribution in [-0.2, 0) is 11.2 Å². The highest BCUT2D eigenvalue weighted by molar-refractivity contribution is 6.29. The highest BCUT2D eigenvalue weighted by Gasteiger charge is 2.33. The van der Waals surface area contributed by atoms with E-state index in [4.69, 9.17) is 21.1 Å². The Bertz CT molecular complexity index is 1420. The summed E-state index contributed by atoms with van der Waals surface area (Å²) in [4.78, 5) is 34.2. The van der Waals surface area contributed by atoms with Crippen molar-refractivity contribution in [1.82, 2.24) is 24.8 Å². The van der Waals surface area contributed by atoms with Crippen LogP contribution in [0.2, 0.25) is 5.15 Å². The molecule has 2 aliphatic rings. The van der Waals surface area contributed by atoms with Crippen LogP contribution in [0.4, 0.5) is 16.2 Å². The molecule has 0 bridgehead atoms. The predicted octanol–water partition coefficient (Wildman–Crippen LogP) is 4.00. The van der Waals surface area contributed by atoms with Crippen molar-refractivity contribution in [2.24, 2.45) is 0 Å². The van der Waals surface area contributed by atoms with Crippen molar-refractivity contribution in [3.63, 3.8) is 0 Å². The number of amides is 2. The quantitative estimate of drug-likeness (QED) is 0.428. The van der Waals surface area contributed by atoms with Gasteiger partial charge in [0.15, 0.2) is 5.65 Å². The number of rotatable bonds is 6. The number of anilines is 2. The van der Waals surface area contributed by atoms with Crippen LogP contribution in [0.5, 0.6) is 5.75 Å². The molecular weight excluding hydrogens is 534 g/mol. The normalized spacial score (nSPS) is 16.9. The molecule has 2 aliphatic heterocycles. The van der Waals surface area contributed by atoms with Crippen LogP contribution >= 0.6 is 11.6 Å². The number of halogens is 1. The van der Waals surface area contributed by atoms with Crippen molar-refractivity contribution in [1.29, 1.82) is 0 Å². The summed E-state index contributed by atoms with van der Waals surface area (Å²) in [6, 6.07) is 5.67. The molecule has 3 aromatic rings. The average Bonchev–Trinajstić information content (AvgIpc) is 3.41. The molecule has 11 nitrogen and oxygen atoms in total. The summed E-state index contributed by atoms with van der Waals surface area (Å²) in [6.07, 6.45) is 3.51. The Kier molecular flexibility index (Phi) is 7.54. The van der Waals surface area contributed by atoms with E-state index in [1.54, 1.807) is 12.3 Å². The lowest BCUT2D eigenvalue weighted by atomic mass is 10.0. The number of carbonyl (C=O) groups is 2. The average molecular weight is 570 g/mol. The minimum Gasteiger partial charge on any atom is -0.487 e. The SMILES string of the molecule is CC(C)(C)OC(=O)NCCN1CCN(c2cc3c(cc2NC(=O)c2cnn4ccc(Cl)nc24)CC(C)(C)O3)CC1. The van der Waals surface area contributed by atoms with Gasteiger partial charge in [0.1, 0.15) is 27.7 Å². The van der Waals surface area contributed by atoms with Gasteiger partial charge in [0.25, 0.3) is 5.91 Å². The van der Waals surface area contributed by atoms with Gasteiger partial charge in [-0.3, -0.25) is 9.69 Å². The Morgan fingerprint density at radius 1 is 1.18 bits per heavy atom. The van der Waals surface area contributed by atoms with Gasteiger partial charge in [-0.25, -0.2) is 14.3 Å². The van der Waals surface area contributed by atoms with Gasteiger partial charge in [-0.2, -0.15) is 5.10 Å². The molecule has 1 saturated heterocycles. The fourth-order valence-corrected chi connectivity index (χ4v) is 5.18. The first kappa shape index (κ1) is 28.0. The van der Waals surface area contributed by atoms with Crippen molar-refractivity contribution in [2.45, 2.75) is 52.2 Å². The molecule has 0 aliphatic carbocycles.